The van der Waals surface area contributed by atoms with Crippen molar-refractivity contribution in [1.29, 1.82) is 0 Å². The summed E-state index contributed by atoms with van der Waals surface area (Å²) in [6, 6.07) is 29.8. The topological polar surface area (TPSA) is 40.5 Å². The summed E-state index contributed by atoms with van der Waals surface area (Å²) >= 11 is 0. The van der Waals surface area contributed by atoms with Crippen LogP contribution in [0.2, 0.25) is 13.1 Å². The molecule has 46 heavy (non-hydrogen) atoms. The Morgan fingerprint density at radius 2 is 0.826 bits per heavy atom. The van der Waals surface area contributed by atoms with Gasteiger partial charge in [0.15, 0.2) is 0 Å². The van der Waals surface area contributed by atoms with E-state index in [1.807, 2.05) is 0 Å². The molecule has 2 nitrogen and oxygen atoms in total. The van der Waals surface area contributed by atoms with Crippen molar-refractivity contribution in [2.75, 3.05) is 0 Å². The van der Waals surface area contributed by atoms with Gasteiger partial charge in [0.25, 0.3) is 0 Å². The molecule has 0 heterocycles. The van der Waals surface area contributed by atoms with Gasteiger partial charge in [-0.2, -0.15) is 36.7 Å². The minimum atomic E-state index is -4.33. The van der Waals surface area contributed by atoms with E-state index in [0.717, 1.165) is 48.5 Å². The van der Waals surface area contributed by atoms with Crippen LogP contribution in [0.3, 0.4) is 0 Å². The first-order valence-corrected chi connectivity index (χ1v) is 17.0. The molecule has 0 aliphatic rings. The number of rotatable bonds is 2. The van der Waals surface area contributed by atoms with Crippen LogP contribution in [0.25, 0.3) is 21.5 Å². The molecular formula is C36H32F6O2SiZr. The maximum atomic E-state index is 11.8. The van der Waals surface area contributed by atoms with Crippen molar-refractivity contribution in [3.63, 3.8) is 0 Å². The summed E-state index contributed by atoms with van der Waals surface area (Å²) in [7, 11) is -1.77. The second-order valence-corrected chi connectivity index (χ2v) is 15.5. The van der Waals surface area contributed by atoms with Gasteiger partial charge >= 0.3 is 38.6 Å². The molecule has 2 N–H and O–H groups in total. The van der Waals surface area contributed by atoms with Crippen molar-refractivity contribution in [3.8, 4) is 11.5 Å². The van der Waals surface area contributed by atoms with Gasteiger partial charge in [-0.25, -0.2) is 0 Å². The van der Waals surface area contributed by atoms with E-state index >= 15 is 0 Å². The largest absolute Gasteiger partial charge is 2.00 e. The van der Waals surface area contributed by atoms with Gasteiger partial charge in [-0.3, -0.25) is 0 Å². The molecule has 0 saturated carbocycles. The second-order valence-electron chi connectivity index (χ2n) is 11.3. The van der Waals surface area contributed by atoms with Crippen molar-refractivity contribution in [2.45, 2.75) is 39.3 Å². The fraction of sp³-hybridized carbons (Fsp3) is 0.167. The predicted molar refractivity (Wildman–Crippen MR) is 172 cm³/mol. The number of hydrogen-bond donors (Lipinski definition) is 2. The van der Waals surface area contributed by atoms with E-state index in [1.165, 1.54) is 32.7 Å². The third-order valence-corrected chi connectivity index (χ3v) is 11.5. The SMILES string of the molecule is Cc1[cH-]c2ccccc2c1[Si](C)(C)c1c(C)[cH-]c2ccccc12.Oc1ccc(C(F)(F)F)cc1.Oc1ccc(C(F)(F)F)cc1.[Zr+2]. The molecular weight excluding hydrogens is 698 g/mol. The molecule has 10 heteroatoms. The predicted octanol–water partition coefficient (Wildman–Crippen LogP) is 9.69. The summed E-state index contributed by atoms with van der Waals surface area (Å²) in [6.07, 6.45) is -8.65. The molecule has 0 spiro atoms. The summed E-state index contributed by atoms with van der Waals surface area (Å²) in [6.45, 7) is 9.59. The van der Waals surface area contributed by atoms with E-state index in [1.54, 1.807) is 10.4 Å². The van der Waals surface area contributed by atoms with Crippen LogP contribution in [0.15, 0.2) is 109 Å². The first-order chi connectivity index (χ1) is 21.0. The van der Waals surface area contributed by atoms with Crippen molar-refractivity contribution < 1.29 is 62.8 Å². The zero-order valence-electron chi connectivity index (χ0n) is 25.6. The van der Waals surface area contributed by atoms with Crippen LogP contribution < -0.4 is 10.4 Å². The third-order valence-electron chi connectivity index (χ3n) is 7.63. The Hall–Kier alpha value is -3.62. The van der Waals surface area contributed by atoms with Gasteiger partial charge in [-0.15, -0.1) is 81.2 Å². The molecule has 0 unspecified atom stereocenters. The molecule has 0 atom stereocenters. The van der Waals surface area contributed by atoms with Gasteiger partial charge in [0.2, 0.25) is 0 Å². The van der Waals surface area contributed by atoms with Crippen LogP contribution in [0.4, 0.5) is 26.3 Å². The number of hydrogen-bond acceptors (Lipinski definition) is 2. The standard InChI is InChI=1S/C22H22Si.2C7H5F3O.Zr/c1-15-13-17-9-5-7-11-19(17)21(15)23(3,4)22-16(2)14-18-10-6-8-12-20(18)22;2*8-7(9,10)5-1-3-6(11)4-2-5;/h5-14H,1-4H3;2*1-4,11H;/q-2;;;+2. The maximum Gasteiger partial charge on any atom is 2.00 e. The van der Waals surface area contributed by atoms with Crippen LogP contribution in [0, 0.1) is 13.8 Å². The third kappa shape index (κ3) is 8.39. The number of aromatic hydroxyl groups is 2. The molecule has 0 aromatic heterocycles. The Balaban J connectivity index is 0.000000211. The Labute approximate surface area is 283 Å². The summed E-state index contributed by atoms with van der Waals surface area (Å²) in [5, 5.41) is 26.2. The van der Waals surface area contributed by atoms with Gasteiger partial charge < -0.3 is 10.2 Å². The van der Waals surface area contributed by atoms with Gasteiger partial charge in [0.1, 0.15) is 11.5 Å². The van der Waals surface area contributed by atoms with Crippen LogP contribution in [-0.2, 0) is 38.6 Å². The fourth-order valence-electron chi connectivity index (χ4n) is 5.82. The Kier molecular flexibility index (Phi) is 11.6. The Bertz CT molecular complexity index is 1750. The molecule has 238 valence electrons. The van der Waals surface area contributed by atoms with Crippen molar-refractivity contribution in [1.82, 2.24) is 0 Å². The molecule has 0 fully saturated rings. The van der Waals surface area contributed by atoms with Gasteiger partial charge in [0.05, 0.1) is 11.1 Å². The van der Waals surface area contributed by atoms with Crippen LogP contribution in [0.1, 0.15) is 22.3 Å². The smallest absolute Gasteiger partial charge is 0.508 e. The number of fused-ring (bicyclic) bond motifs is 2. The van der Waals surface area contributed by atoms with Gasteiger partial charge in [-0.05, 0) is 48.5 Å². The number of halogens is 6. The van der Waals surface area contributed by atoms with Gasteiger partial charge in [-0.1, -0.05) is 39.1 Å². The molecule has 0 aliphatic carbocycles. The zero-order chi connectivity index (χ0) is 33.2. The van der Waals surface area contributed by atoms with Crippen LogP contribution >= 0.6 is 0 Å². The zero-order valence-corrected chi connectivity index (χ0v) is 29.0. The van der Waals surface area contributed by atoms with E-state index in [-0.39, 0.29) is 37.7 Å². The molecule has 0 amide bonds. The summed E-state index contributed by atoms with van der Waals surface area (Å²) in [5.74, 6) is -0.337. The van der Waals surface area contributed by atoms with Crippen LogP contribution in [-0.4, -0.2) is 18.3 Å². The van der Waals surface area contributed by atoms with Gasteiger partial charge in [0, 0.05) is 8.07 Å². The molecule has 0 aliphatic heterocycles. The quantitative estimate of drug-likeness (QED) is 0.106. The molecule has 6 aromatic rings. The Morgan fingerprint density at radius 3 is 1.13 bits per heavy atom. The molecule has 6 rings (SSSR count). The number of phenols is 2. The van der Waals surface area contributed by atoms with Crippen molar-refractivity contribution >= 4 is 40.0 Å². The van der Waals surface area contributed by atoms with E-state index in [0.29, 0.717) is 0 Å². The summed E-state index contributed by atoms with van der Waals surface area (Å²) < 4.78 is 71.0. The molecule has 6 aromatic carbocycles. The van der Waals surface area contributed by atoms with E-state index in [2.05, 4.69) is 87.6 Å². The summed E-state index contributed by atoms with van der Waals surface area (Å²) in [4.78, 5) is 0. The van der Waals surface area contributed by atoms with Crippen molar-refractivity contribution in [2.24, 2.45) is 0 Å². The maximum absolute atomic E-state index is 11.8. The number of aryl methyl sites for hydroxylation is 2. The first-order valence-electron chi connectivity index (χ1n) is 14.0. The van der Waals surface area contributed by atoms with E-state index < -0.39 is 31.6 Å². The normalized spacial score (nSPS) is 11.7. The minimum Gasteiger partial charge on any atom is -0.508 e. The fourth-order valence-corrected chi connectivity index (χ4v) is 9.99. The first kappa shape index (κ1) is 36.8. The average molecular weight is 730 g/mol. The Morgan fingerprint density at radius 1 is 0.522 bits per heavy atom. The monoisotopic (exact) mass is 728 g/mol. The number of benzene rings is 4. The average Bonchev–Trinajstić information content (AvgIpc) is 3.49. The minimum absolute atomic E-state index is 0. The molecule has 0 radical (unpaired) electrons. The summed E-state index contributed by atoms with van der Waals surface area (Å²) in [5.41, 5.74) is 1.39. The van der Waals surface area contributed by atoms with Crippen LogP contribution in [0.5, 0.6) is 11.5 Å². The van der Waals surface area contributed by atoms with E-state index in [9.17, 15) is 26.3 Å². The second kappa shape index (κ2) is 14.4. The van der Waals surface area contributed by atoms with E-state index in [4.69, 9.17) is 10.2 Å². The number of alkyl halides is 6. The van der Waals surface area contributed by atoms with Crippen molar-refractivity contribution in [3.05, 3.63) is 131 Å². The molecule has 0 bridgehead atoms. The number of phenolic OH excluding ortho intramolecular Hbond substituents is 2. The molecule has 0 saturated heterocycles.